The van der Waals surface area contributed by atoms with Crippen molar-refractivity contribution in [3.8, 4) is 0 Å². The van der Waals surface area contributed by atoms with Crippen LogP contribution in [0.4, 0.5) is 0 Å². The molecule has 2 fully saturated rings. The van der Waals surface area contributed by atoms with Crippen LogP contribution in [-0.4, -0.2) is 54.1 Å². The van der Waals surface area contributed by atoms with Crippen LogP contribution in [0.1, 0.15) is 51.9 Å². The molecule has 0 bridgehead atoms. The molecule has 3 rings (SSSR count). The number of nitrogens with zero attached hydrogens (tertiary/aromatic N) is 4. The van der Waals surface area contributed by atoms with E-state index in [2.05, 4.69) is 46.7 Å². The lowest BCUT2D eigenvalue weighted by Crippen LogP contribution is -2.67. The first kappa shape index (κ1) is 14.8. The SMILES string of the molecule is CCCCCNC1C(=O)N2C(c3nn[nH]n3)C(C)(C)S[C@@H]12. The van der Waals surface area contributed by atoms with Crippen molar-refractivity contribution < 1.29 is 4.79 Å². The third-order valence-electron chi connectivity index (χ3n) is 4.19. The zero-order valence-corrected chi connectivity index (χ0v) is 13.5. The number of rotatable bonds is 6. The number of tetrazole rings is 1. The maximum Gasteiger partial charge on any atom is 0.244 e. The summed E-state index contributed by atoms with van der Waals surface area (Å²) >= 11 is 1.82. The van der Waals surface area contributed by atoms with Gasteiger partial charge in [-0.2, -0.15) is 5.21 Å². The fraction of sp³-hybridized carbons (Fsp3) is 0.846. The molecule has 3 heterocycles. The molecule has 0 saturated carbocycles. The Hall–Kier alpha value is -1.15. The summed E-state index contributed by atoms with van der Waals surface area (Å²) in [7, 11) is 0. The van der Waals surface area contributed by atoms with Gasteiger partial charge >= 0.3 is 0 Å². The van der Waals surface area contributed by atoms with Crippen LogP contribution in [-0.2, 0) is 4.79 Å². The van der Waals surface area contributed by atoms with Crippen molar-refractivity contribution in [3.05, 3.63) is 5.82 Å². The Morgan fingerprint density at radius 3 is 2.90 bits per heavy atom. The number of aromatic amines is 1. The predicted molar refractivity (Wildman–Crippen MR) is 80.5 cm³/mol. The summed E-state index contributed by atoms with van der Waals surface area (Å²) in [5.41, 5.74) is 0. The molecular formula is C13H22N6OS. The fourth-order valence-electron chi connectivity index (χ4n) is 3.14. The number of fused-ring (bicyclic) bond motifs is 1. The molecule has 0 aromatic carbocycles. The molecule has 2 aliphatic rings. The van der Waals surface area contributed by atoms with Gasteiger partial charge in [0.25, 0.3) is 0 Å². The number of nitrogens with one attached hydrogen (secondary N) is 2. The van der Waals surface area contributed by atoms with Gasteiger partial charge in [0.15, 0.2) is 5.82 Å². The number of carbonyl (C=O) groups excluding carboxylic acids is 1. The maximum absolute atomic E-state index is 12.5. The fourth-order valence-corrected chi connectivity index (χ4v) is 4.80. The third kappa shape index (κ3) is 2.44. The predicted octanol–water partition coefficient (Wildman–Crippen LogP) is 1.08. The summed E-state index contributed by atoms with van der Waals surface area (Å²) in [6, 6.07) is -0.171. The standard InChI is InChI=1S/C13H22N6OS/c1-4-5-6-7-14-8-11(20)19-9(10-15-17-18-16-10)13(2,3)21-12(8)19/h8-9,12,14H,4-7H2,1-3H3,(H,15,16,17,18)/t8?,9?,12-/m0/s1. The minimum atomic E-state index is -0.107. The molecular weight excluding hydrogens is 288 g/mol. The van der Waals surface area contributed by atoms with Crippen LogP contribution in [0.2, 0.25) is 0 Å². The molecule has 0 aliphatic carbocycles. The van der Waals surface area contributed by atoms with E-state index in [0.29, 0.717) is 5.82 Å². The van der Waals surface area contributed by atoms with Crippen LogP contribution in [0.15, 0.2) is 0 Å². The number of H-pyrrole nitrogens is 1. The molecule has 1 amide bonds. The molecule has 3 atom stereocenters. The average Bonchev–Trinajstić information content (AvgIpc) is 3.03. The first-order valence-electron chi connectivity index (χ1n) is 7.53. The molecule has 8 heteroatoms. The van der Waals surface area contributed by atoms with Crippen LogP contribution < -0.4 is 5.32 Å². The van der Waals surface area contributed by atoms with Crippen molar-refractivity contribution in [2.45, 2.75) is 62.2 Å². The molecule has 2 N–H and O–H groups in total. The number of hydrogen-bond donors (Lipinski definition) is 2. The van der Waals surface area contributed by atoms with Crippen LogP contribution in [0.3, 0.4) is 0 Å². The smallest absolute Gasteiger partial charge is 0.244 e. The van der Waals surface area contributed by atoms with E-state index in [-0.39, 0.29) is 28.1 Å². The van der Waals surface area contributed by atoms with Crippen LogP contribution in [0.25, 0.3) is 0 Å². The van der Waals surface area contributed by atoms with Gasteiger partial charge in [0.05, 0.1) is 0 Å². The lowest BCUT2D eigenvalue weighted by atomic mass is 9.95. The van der Waals surface area contributed by atoms with E-state index in [0.717, 1.165) is 13.0 Å². The van der Waals surface area contributed by atoms with Crippen LogP contribution in [0.5, 0.6) is 0 Å². The first-order valence-corrected chi connectivity index (χ1v) is 8.41. The Morgan fingerprint density at radius 2 is 2.24 bits per heavy atom. The summed E-state index contributed by atoms with van der Waals surface area (Å²) in [5.74, 6) is 0.761. The van der Waals surface area contributed by atoms with E-state index in [1.54, 1.807) is 0 Å². The number of carbonyl (C=O) groups is 1. The van der Waals surface area contributed by atoms with Crippen LogP contribution in [0, 0.1) is 0 Å². The van der Waals surface area contributed by atoms with Gasteiger partial charge in [-0.15, -0.1) is 22.0 Å². The van der Waals surface area contributed by atoms with Gasteiger partial charge in [0.2, 0.25) is 5.91 Å². The summed E-state index contributed by atoms with van der Waals surface area (Å²) in [4.78, 5) is 14.4. The average molecular weight is 310 g/mol. The van der Waals surface area contributed by atoms with E-state index in [1.807, 2.05) is 16.7 Å². The van der Waals surface area contributed by atoms with Gasteiger partial charge in [-0.3, -0.25) is 4.79 Å². The molecule has 2 aliphatic heterocycles. The second kappa shape index (κ2) is 5.57. The summed E-state index contributed by atoms with van der Waals surface area (Å²) < 4.78 is -0.107. The molecule has 0 spiro atoms. The van der Waals surface area contributed by atoms with Crippen molar-refractivity contribution in [1.29, 1.82) is 0 Å². The highest BCUT2D eigenvalue weighted by Crippen LogP contribution is 2.56. The topological polar surface area (TPSA) is 86.8 Å². The van der Waals surface area contributed by atoms with Crippen molar-refractivity contribution in [1.82, 2.24) is 30.8 Å². The van der Waals surface area contributed by atoms with Crippen LogP contribution >= 0.6 is 11.8 Å². The second-order valence-corrected chi connectivity index (χ2v) is 7.94. The number of hydrogen-bond acceptors (Lipinski definition) is 6. The Labute approximate surface area is 128 Å². The van der Waals surface area contributed by atoms with Gasteiger partial charge in [0.1, 0.15) is 17.5 Å². The van der Waals surface area contributed by atoms with Gasteiger partial charge in [-0.1, -0.05) is 25.0 Å². The van der Waals surface area contributed by atoms with Crippen molar-refractivity contribution in [2.75, 3.05) is 6.54 Å². The second-order valence-electron chi connectivity index (χ2n) is 6.17. The number of aromatic nitrogens is 4. The molecule has 0 radical (unpaired) electrons. The highest BCUT2D eigenvalue weighted by atomic mass is 32.2. The molecule has 1 aromatic heterocycles. The lowest BCUT2D eigenvalue weighted by Gasteiger charge is -2.44. The van der Waals surface area contributed by atoms with E-state index < -0.39 is 0 Å². The summed E-state index contributed by atoms with van der Waals surface area (Å²) in [6.07, 6.45) is 3.51. The monoisotopic (exact) mass is 310 g/mol. The molecule has 1 aromatic rings. The number of amides is 1. The van der Waals surface area contributed by atoms with E-state index in [9.17, 15) is 4.79 Å². The van der Waals surface area contributed by atoms with E-state index >= 15 is 0 Å². The molecule has 21 heavy (non-hydrogen) atoms. The van der Waals surface area contributed by atoms with Crippen molar-refractivity contribution in [2.24, 2.45) is 0 Å². The van der Waals surface area contributed by atoms with Gasteiger partial charge in [0, 0.05) is 4.75 Å². The number of β-lactam (4-membered cyclic amide) rings is 1. The minimum Gasteiger partial charge on any atom is -0.315 e. The largest absolute Gasteiger partial charge is 0.315 e. The molecule has 2 unspecified atom stereocenters. The summed E-state index contributed by atoms with van der Waals surface area (Å²) in [6.45, 7) is 7.36. The first-order chi connectivity index (χ1) is 10.1. The molecule has 116 valence electrons. The Balaban J connectivity index is 1.68. The number of thioether (sulfide) groups is 1. The molecule has 2 saturated heterocycles. The number of unbranched alkanes of at least 4 members (excludes halogenated alkanes) is 2. The normalized spacial score (nSPS) is 30.3. The molecule has 7 nitrogen and oxygen atoms in total. The zero-order valence-electron chi connectivity index (χ0n) is 12.7. The Morgan fingerprint density at radius 1 is 1.43 bits per heavy atom. The maximum atomic E-state index is 12.5. The highest BCUT2D eigenvalue weighted by Gasteiger charge is 2.62. The quantitative estimate of drug-likeness (QED) is 0.604. The van der Waals surface area contributed by atoms with Gasteiger partial charge in [-0.05, 0) is 26.8 Å². The van der Waals surface area contributed by atoms with E-state index in [1.165, 1.54) is 12.8 Å². The lowest BCUT2D eigenvalue weighted by molar-refractivity contribution is -0.149. The summed E-state index contributed by atoms with van der Waals surface area (Å²) in [5, 5.41) is 17.9. The third-order valence-corrected chi connectivity index (χ3v) is 5.76. The van der Waals surface area contributed by atoms with Crippen molar-refractivity contribution >= 4 is 17.7 Å². The van der Waals surface area contributed by atoms with E-state index in [4.69, 9.17) is 0 Å². The minimum absolute atomic E-state index is 0.0666. The Kier molecular flexibility index (Phi) is 3.92. The zero-order chi connectivity index (χ0) is 15.0. The van der Waals surface area contributed by atoms with Crippen molar-refractivity contribution in [3.63, 3.8) is 0 Å². The Bertz CT molecular complexity index is 505. The van der Waals surface area contributed by atoms with Gasteiger partial charge < -0.3 is 10.2 Å². The highest BCUT2D eigenvalue weighted by molar-refractivity contribution is 8.01. The van der Waals surface area contributed by atoms with Gasteiger partial charge in [-0.25, -0.2) is 0 Å².